The predicted molar refractivity (Wildman–Crippen MR) is 73.6 cm³/mol. The number of aromatic nitrogens is 1. The topological polar surface area (TPSA) is 74.4 Å². The summed E-state index contributed by atoms with van der Waals surface area (Å²) in [6.07, 6.45) is 0.165. The zero-order chi connectivity index (χ0) is 13.8. The average Bonchev–Trinajstić information content (AvgIpc) is 2.85. The lowest BCUT2D eigenvalue weighted by Crippen LogP contribution is -2.13. The highest BCUT2D eigenvalue weighted by molar-refractivity contribution is 7.10. The Balaban J connectivity index is 2.31. The second-order valence-electron chi connectivity index (χ2n) is 3.84. The van der Waals surface area contributed by atoms with Gasteiger partial charge in [0.05, 0.1) is 26.3 Å². The van der Waals surface area contributed by atoms with E-state index in [2.05, 4.69) is 4.98 Å². The molecule has 1 aromatic carbocycles. The van der Waals surface area contributed by atoms with Crippen molar-refractivity contribution in [3.8, 4) is 22.8 Å². The molecule has 2 N–H and O–H groups in total. The van der Waals surface area contributed by atoms with E-state index in [-0.39, 0.29) is 12.3 Å². The van der Waals surface area contributed by atoms with Crippen molar-refractivity contribution in [3.05, 3.63) is 28.6 Å². The van der Waals surface area contributed by atoms with Crippen LogP contribution in [0, 0.1) is 0 Å². The van der Waals surface area contributed by atoms with Gasteiger partial charge in [0.2, 0.25) is 5.91 Å². The highest BCUT2D eigenvalue weighted by Crippen LogP contribution is 2.32. The summed E-state index contributed by atoms with van der Waals surface area (Å²) in [6, 6.07) is 5.56. The van der Waals surface area contributed by atoms with Gasteiger partial charge in [0, 0.05) is 10.9 Å². The van der Waals surface area contributed by atoms with Gasteiger partial charge < -0.3 is 15.2 Å². The molecule has 0 aliphatic carbocycles. The minimum absolute atomic E-state index is 0.165. The number of thiazole rings is 1. The van der Waals surface area contributed by atoms with Crippen molar-refractivity contribution in [3.63, 3.8) is 0 Å². The van der Waals surface area contributed by atoms with E-state index in [1.54, 1.807) is 14.2 Å². The SMILES string of the molecule is COc1ccc(-c2csc(CC(N)=O)n2)cc1OC. The molecule has 2 rings (SSSR count). The Labute approximate surface area is 115 Å². The summed E-state index contributed by atoms with van der Waals surface area (Å²) in [5.41, 5.74) is 6.85. The lowest BCUT2D eigenvalue weighted by Gasteiger charge is -2.08. The van der Waals surface area contributed by atoms with Crippen LogP contribution in [-0.4, -0.2) is 25.1 Å². The average molecular weight is 278 g/mol. The molecule has 0 saturated carbocycles. The van der Waals surface area contributed by atoms with Crippen LogP contribution >= 0.6 is 11.3 Å². The largest absolute Gasteiger partial charge is 0.493 e. The highest BCUT2D eigenvalue weighted by atomic mass is 32.1. The highest BCUT2D eigenvalue weighted by Gasteiger charge is 2.10. The van der Waals surface area contributed by atoms with Crippen molar-refractivity contribution in [1.82, 2.24) is 4.98 Å². The molecule has 2 aromatic rings. The van der Waals surface area contributed by atoms with Gasteiger partial charge >= 0.3 is 0 Å². The fourth-order valence-electron chi connectivity index (χ4n) is 1.67. The number of nitrogens with zero attached hydrogens (tertiary/aromatic N) is 1. The van der Waals surface area contributed by atoms with E-state index in [0.29, 0.717) is 16.5 Å². The van der Waals surface area contributed by atoms with Crippen LogP contribution in [0.5, 0.6) is 11.5 Å². The standard InChI is InChI=1S/C13H14N2O3S/c1-17-10-4-3-8(5-11(10)18-2)9-7-19-13(15-9)6-12(14)16/h3-5,7H,6H2,1-2H3,(H2,14,16). The molecule has 6 heteroatoms. The number of ether oxygens (including phenoxy) is 2. The van der Waals surface area contributed by atoms with E-state index in [0.717, 1.165) is 11.3 Å². The molecular formula is C13H14N2O3S. The van der Waals surface area contributed by atoms with E-state index in [4.69, 9.17) is 15.2 Å². The molecule has 100 valence electrons. The van der Waals surface area contributed by atoms with Crippen molar-refractivity contribution >= 4 is 17.2 Å². The summed E-state index contributed by atoms with van der Waals surface area (Å²) in [4.78, 5) is 15.2. The number of rotatable bonds is 5. The summed E-state index contributed by atoms with van der Waals surface area (Å²) in [6.45, 7) is 0. The molecule has 0 radical (unpaired) electrons. The Kier molecular flexibility index (Phi) is 4.01. The van der Waals surface area contributed by atoms with Crippen molar-refractivity contribution in [2.24, 2.45) is 5.73 Å². The number of nitrogens with two attached hydrogens (primary N) is 1. The minimum Gasteiger partial charge on any atom is -0.493 e. The van der Waals surface area contributed by atoms with Crippen LogP contribution in [-0.2, 0) is 11.2 Å². The van der Waals surface area contributed by atoms with Crippen LogP contribution < -0.4 is 15.2 Å². The van der Waals surface area contributed by atoms with E-state index in [1.165, 1.54) is 11.3 Å². The molecule has 1 amide bonds. The number of carbonyl (C=O) groups is 1. The van der Waals surface area contributed by atoms with Gasteiger partial charge in [-0.25, -0.2) is 4.98 Å². The summed E-state index contributed by atoms with van der Waals surface area (Å²) in [7, 11) is 3.17. The summed E-state index contributed by atoms with van der Waals surface area (Å²) >= 11 is 1.41. The number of hydrogen-bond donors (Lipinski definition) is 1. The van der Waals surface area contributed by atoms with Crippen LogP contribution in [0.4, 0.5) is 0 Å². The molecule has 0 fully saturated rings. The zero-order valence-electron chi connectivity index (χ0n) is 10.7. The van der Waals surface area contributed by atoms with Crippen LogP contribution in [0.25, 0.3) is 11.3 Å². The zero-order valence-corrected chi connectivity index (χ0v) is 11.5. The summed E-state index contributed by atoms with van der Waals surface area (Å²) < 4.78 is 10.4. The first-order valence-electron chi connectivity index (χ1n) is 5.59. The van der Waals surface area contributed by atoms with Gasteiger partial charge in [-0.3, -0.25) is 4.79 Å². The van der Waals surface area contributed by atoms with Gasteiger partial charge in [-0.15, -0.1) is 11.3 Å². The molecule has 5 nitrogen and oxygen atoms in total. The van der Waals surface area contributed by atoms with Crippen molar-refractivity contribution in [2.45, 2.75) is 6.42 Å². The molecule has 0 unspecified atom stereocenters. The quantitative estimate of drug-likeness (QED) is 0.905. The predicted octanol–water partition coefficient (Wildman–Crippen LogP) is 1.86. The Morgan fingerprint density at radius 3 is 2.68 bits per heavy atom. The number of benzene rings is 1. The number of hydrogen-bond acceptors (Lipinski definition) is 5. The first kappa shape index (κ1) is 13.4. The first-order valence-corrected chi connectivity index (χ1v) is 6.47. The normalized spacial score (nSPS) is 10.2. The molecule has 0 saturated heterocycles. The summed E-state index contributed by atoms with van der Waals surface area (Å²) in [5.74, 6) is 0.927. The van der Waals surface area contributed by atoms with Gasteiger partial charge in [0.25, 0.3) is 0 Å². The van der Waals surface area contributed by atoms with Gasteiger partial charge in [-0.2, -0.15) is 0 Å². The molecule has 0 atom stereocenters. The van der Waals surface area contributed by atoms with E-state index < -0.39 is 0 Å². The number of carbonyl (C=O) groups excluding carboxylic acids is 1. The second kappa shape index (κ2) is 5.71. The third-order valence-corrected chi connectivity index (χ3v) is 3.41. The summed E-state index contributed by atoms with van der Waals surface area (Å²) in [5, 5.41) is 2.59. The van der Waals surface area contributed by atoms with Crippen LogP contribution in [0.15, 0.2) is 23.6 Å². The number of amides is 1. The molecule has 0 bridgehead atoms. The molecule has 0 aliphatic heterocycles. The Hall–Kier alpha value is -2.08. The number of primary amides is 1. The fourth-order valence-corrected chi connectivity index (χ4v) is 2.48. The van der Waals surface area contributed by atoms with Gasteiger partial charge in [0.1, 0.15) is 5.01 Å². The molecule has 1 aromatic heterocycles. The van der Waals surface area contributed by atoms with Crippen LogP contribution in [0.2, 0.25) is 0 Å². The molecule has 0 aliphatic rings. The Bertz CT molecular complexity index is 595. The van der Waals surface area contributed by atoms with Crippen molar-refractivity contribution in [1.29, 1.82) is 0 Å². The fraction of sp³-hybridized carbons (Fsp3) is 0.231. The Morgan fingerprint density at radius 2 is 2.05 bits per heavy atom. The van der Waals surface area contributed by atoms with Crippen LogP contribution in [0.3, 0.4) is 0 Å². The van der Waals surface area contributed by atoms with Crippen molar-refractivity contribution in [2.75, 3.05) is 14.2 Å². The Morgan fingerprint density at radius 1 is 1.32 bits per heavy atom. The van der Waals surface area contributed by atoms with E-state index >= 15 is 0 Å². The second-order valence-corrected chi connectivity index (χ2v) is 4.78. The van der Waals surface area contributed by atoms with Crippen molar-refractivity contribution < 1.29 is 14.3 Å². The number of methoxy groups -OCH3 is 2. The lowest BCUT2D eigenvalue weighted by atomic mass is 10.1. The maximum Gasteiger partial charge on any atom is 0.224 e. The maximum atomic E-state index is 10.9. The maximum absolute atomic E-state index is 10.9. The van der Waals surface area contributed by atoms with Gasteiger partial charge in [-0.05, 0) is 18.2 Å². The van der Waals surface area contributed by atoms with Crippen LogP contribution in [0.1, 0.15) is 5.01 Å². The van der Waals surface area contributed by atoms with E-state index in [1.807, 2.05) is 23.6 Å². The first-order chi connectivity index (χ1) is 9.13. The van der Waals surface area contributed by atoms with Gasteiger partial charge in [0.15, 0.2) is 11.5 Å². The third-order valence-electron chi connectivity index (χ3n) is 2.56. The van der Waals surface area contributed by atoms with E-state index in [9.17, 15) is 4.79 Å². The smallest absolute Gasteiger partial charge is 0.224 e. The lowest BCUT2D eigenvalue weighted by molar-refractivity contribution is -0.117. The third kappa shape index (κ3) is 3.03. The molecule has 19 heavy (non-hydrogen) atoms. The molecule has 1 heterocycles. The molecule has 0 spiro atoms. The monoisotopic (exact) mass is 278 g/mol. The molecular weight excluding hydrogens is 264 g/mol. The minimum atomic E-state index is -0.381. The van der Waals surface area contributed by atoms with Gasteiger partial charge in [-0.1, -0.05) is 0 Å².